The Morgan fingerprint density at radius 2 is 1.50 bits per heavy atom. The first kappa shape index (κ1) is 13.3. The molecule has 3 heteroatoms. The van der Waals surface area contributed by atoms with Gasteiger partial charge >= 0.3 is 5.97 Å². The predicted molar refractivity (Wildman–Crippen MR) is 91.4 cm³/mol. The zero-order valence-corrected chi connectivity index (χ0v) is 13.1. The van der Waals surface area contributed by atoms with Gasteiger partial charge in [-0.25, -0.2) is 4.79 Å². The summed E-state index contributed by atoms with van der Waals surface area (Å²) in [4.78, 5) is 11.9. The van der Waals surface area contributed by atoms with Crippen LogP contribution in [0.5, 0.6) is 0 Å². The average molecular weight is 351 g/mol. The summed E-state index contributed by atoms with van der Waals surface area (Å²) < 4.78 is 6.48. The van der Waals surface area contributed by atoms with Crippen LogP contribution in [-0.2, 0) is 4.74 Å². The van der Waals surface area contributed by atoms with Crippen molar-refractivity contribution >= 4 is 44.5 Å². The fourth-order valence-corrected chi connectivity index (χ4v) is 3.22. The quantitative estimate of drug-likeness (QED) is 0.558. The van der Waals surface area contributed by atoms with E-state index < -0.39 is 0 Å². The van der Waals surface area contributed by atoms with Gasteiger partial charge in [-0.15, -0.1) is 0 Å². The van der Waals surface area contributed by atoms with Crippen LogP contribution in [0.25, 0.3) is 22.6 Å². The van der Waals surface area contributed by atoms with Gasteiger partial charge < -0.3 is 4.74 Å². The van der Waals surface area contributed by atoms with E-state index in [1.54, 1.807) is 6.07 Å². The highest BCUT2D eigenvalue weighted by atomic mass is 79.9. The smallest absolute Gasteiger partial charge is 0.344 e. The van der Waals surface area contributed by atoms with Crippen LogP contribution >= 0.6 is 15.9 Å². The number of carbonyl (C=O) groups is 1. The fourth-order valence-electron chi connectivity index (χ4n) is 2.75. The second-order valence-corrected chi connectivity index (χ2v) is 5.98. The van der Waals surface area contributed by atoms with Crippen LogP contribution in [-0.4, -0.2) is 5.97 Å². The van der Waals surface area contributed by atoms with E-state index in [1.807, 2.05) is 48.5 Å². The molecular weight excluding hydrogens is 340 g/mol. The molecule has 0 saturated heterocycles. The largest absolute Gasteiger partial charge is 0.422 e. The Labute approximate surface area is 136 Å². The maximum absolute atomic E-state index is 11.9. The number of esters is 1. The first-order chi connectivity index (χ1) is 10.7. The Morgan fingerprint density at radius 3 is 2.32 bits per heavy atom. The molecule has 0 atom stereocenters. The summed E-state index contributed by atoms with van der Waals surface area (Å²) >= 11 is 3.57. The molecule has 0 spiro atoms. The Kier molecular flexibility index (Phi) is 3.09. The molecule has 0 aromatic heterocycles. The van der Waals surface area contributed by atoms with Crippen molar-refractivity contribution in [3.05, 3.63) is 81.8 Å². The maximum atomic E-state index is 11.9. The lowest BCUT2D eigenvalue weighted by molar-refractivity contribution is 0.0717. The molecule has 106 valence electrons. The first-order valence-electron chi connectivity index (χ1n) is 6.94. The molecule has 22 heavy (non-hydrogen) atoms. The van der Waals surface area contributed by atoms with Gasteiger partial charge in [-0.05, 0) is 34.5 Å². The van der Waals surface area contributed by atoms with E-state index in [-0.39, 0.29) is 5.97 Å². The summed E-state index contributed by atoms with van der Waals surface area (Å²) in [6.45, 7) is 0. The molecule has 1 aliphatic heterocycles. The number of carbonyl (C=O) groups excluding carboxylic acids is 1. The normalized spacial score (nSPS) is 15.1. The van der Waals surface area contributed by atoms with E-state index in [2.05, 4.69) is 28.1 Å². The van der Waals surface area contributed by atoms with Crippen LogP contribution in [0.2, 0.25) is 0 Å². The van der Waals surface area contributed by atoms with E-state index in [9.17, 15) is 4.79 Å². The maximum Gasteiger partial charge on any atom is 0.344 e. The lowest BCUT2D eigenvalue weighted by Crippen LogP contribution is -1.92. The number of rotatable bonds is 1. The number of halogens is 1. The van der Waals surface area contributed by atoms with Crippen LogP contribution in [0, 0.1) is 0 Å². The molecule has 3 aromatic rings. The summed E-state index contributed by atoms with van der Waals surface area (Å²) in [5.41, 5.74) is 2.49. The molecule has 0 aliphatic carbocycles. The standard InChI is InChI=1S/C19H11BrO2/c20-17-10-9-12(13-5-1-2-6-14(13)17)11-18-15-7-3-4-8-16(15)19(21)22-18/h1-11H. The number of hydrogen-bond donors (Lipinski definition) is 0. The lowest BCUT2D eigenvalue weighted by atomic mass is 10.0. The highest BCUT2D eigenvalue weighted by molar-refractivity contribution is 9.10. The van der Waals surface area contributed by atoms with E-state index in [1.165, 1.54) is 0 Å². The van der Waals surface area contributed by atoms with Gasteiger partial charge in [0.2, 0.25) is 0 Å². The molecule has 0 amide bonds. The number of fused-ring (bicyclic) bond motifs is 2. The molecule has 0 radical (unpaired) electrons. The molecule has 4 rings (SSSR count). The third-order valence-electron chi connectivity index (χ3n) is 3.81. The van der Waals surface area contributed by atoms with Crippen molar-refractivity contribution in [3.63, 3.8) is 0 Å². The second kappa shape index (κ2) is 5.11. The zero-order chi connectivity index (χ0) is 15.1. The fraction of sp³-hybridized carbons (Fsp3) is 0. The summed E-state index contributed by atoms with van der Waals surface area (Å²) in [6.07, 6.45) is 1.93. The summed E-state index contributed by atoms with van der Waals surface area (Å²) in [7, 11) is 0. The first-order valence-corrected chi connectivity index (χ1v) is 7.74. The van der Waals surface area contributed by atoms with Crippen LogP contribution in [0.1, 0.15) is 21.5 Å². The third-order valence-corrected chi connectivity index (χ3v) is 4.50. The Morgan fingerprint density at radius 1 is 0.818 bits per heavy atom. The summed E-state index contributed by atoms with van der Waals surface area (Å²) in [6, 6.07) is 19.6. The molecule has 0 N–H and O–H groups in total. The molecule has 0 saturated carbocycles. The van der Waals surface area contributed by atoms with Crippen molar-refractivity contribution in [2.45, 2.75) is 0 Å². The van der Waals surface area contributed by atoms with Gasteiger partial charge in [0, 0.05) is 10.0 Å². The van der Waals surface area contributed by atoms with Crippen molar-refractivity contribution in [2.75, 3.05) is 0 Å². The van der Waals surface area contributed by atoms with Gasteiger partial charge in [-0.1, -0.05) is 64.5 Å². The van der Waals surface area contributed by atoms with Gasteiger partial charge in [0.15, 0.2) is 0 Å². The van der Waals surface area contributed by atoms with Crippen LogP contribution < -0.4 is 0 Å². The SMILES string of the molecule is O=C1OC(=Cc2ccc(Br)c3ccccc23)c2ccccc21. The van der Waals surface area contributed by atoms with Gasteiger partial charge in [0.05, 0.1) is 5.56 Å². The average Bonchev–Trinajstić information content (AvgIpc) is 2.87. The summed E-state index contributed by atoms with van der Waals surface area (Å²) in [5, 5.41) is 2.25. The molecule has 1 heterocycles. The second-order valence-electron chi connectivity index (χ2n) is 5.13. The van der Waals surface area contributed by atoms with Gasteiger partial charge in [0.1, 0.15) is 5.76 Å². The molecular formula is C19H11BrO2. The number of hydrogen-bond acceptors (Lipinski definition) is 2. The number of benzene rings is 3. The monoisotopic (exact) mass is 350 g/mol. The minimum atomic E-state index is -0.289. The molecule has 2 nitrogen and oxygen atoms in total. The molecule has 3 aromatic carbocycles. The highest BCUT2D eigenvalue weighted by Crippen LogP contribution is 2.34. The van der Waals surface area contributed by atoms with Gasteiger partial charge in [-0.2, -0.15) is 0 Å². The highest BCUT2D eigenvalue weighted by Gasteiger charge is 2.25. The molecule has 0 unspecified atom stereocenters. The van der Waals surface area contributed by atoms with Crippen LogP contribution in [0.3, 0.4) is 0 Å². The minimum Gasteiger partial charge on any atom is -0.422 e. The van der Waals surface area contributed by atoms with Crippen molar-refractivity contribution < 1.29 is 9.53 Å². The van der Waals surface area contributed by atoms with E-state index in [0.29, 0.717) is 11.3 Å². The molecule has 0 fully saturated rings. The third kappa shape index (κ3) is 2.06. The van der Waals surface area contributed by atoms with Gasteiger partial charge in [0.25, 0.3) is 0 Å². The minimum absolute atomic E-state index is 0.289. The lowest BCUT2D eigenvalue weighted by Gasteiger charge is -2.06. The van der Waals surface area contributed by atoms with E-state index >= 15 is 0 Å². The summed E-state index contributed by atoms with van der Waals surface area (Å²) in [5.74, 6) is 0.316. The van der Waals surface area contributed by atoms with Crippen molar-refractivity contribution in [2.24, 2.45) is 0 Å². The molecule has 0 bridgehead atoms. The predicted octanol–water partition coefficient (Wildman–Crippen LogP) is 5.27. The zero-order valence-electron chi connectivity index (χ0n) is 11.5. The Balaban J connectivity index is 1.92. The Hall–Kier alpha value is -2.39. The number of ether oxygens (including phenoxy) is 1. The topological polar surface area (TPSA) is 26.3 Å². The molecule has 1 aliphatic rings. The van der Waals surface area contributed by atoms with Crippen molar-refractivity contribution in [1.29, 1.82) is 0 Å². The number of cyclic esters (lactones) is 1. The van der Waals surface area contributed by atoms with Crippen LogP contribution in [0.15, 0.2) is 65.1 Å². The van der Waals surface area contributed by atoms with Crippen molar-refractivity contribution in [1.82, 2.24) is 0 Å². The van der Waals surface area contributed by atoms with E-state index in [0.717, 1.165) is 26.4 Å². The van der Waals surface area contributed by atoms with E-state index in [4.69, 9.17) is 4.74 Å². The van der Waals surface area contributed by atoms with Crippen molar-refractivity contribution in [3.8, 4) is 0 Å². The van der Waals surface area contributed by atoms with Crippen LogP contribution in [0.4, 0.5) is 0 Å². The van der Waals surface area contributed by atoms with Gasteiger partial charge in [-0.3, -0.25) is 0 Å². The Bertz CT molecular complexity index is 941.